The molecule has 5 heteroatoms. The largest absolute Gasteiger partial charge is 0.484 e. The molecule has 1 N–H and O–H groups in total. The lowest BCUT2D eigenvalue weighted by Gasteiger charge is -2.29. The van der Waals surface area contributed by atoms with Crippen molar-refractivity contribution in [1.82, 2.24) is 10.2 Å². The summed E-state index contributed by atoms with van der Waals surface area (Å²) < 4.78 is 5.75. The predicted octanol–water partition coefficient (Wildman–Crippen LogP) is 4.83. The highest BCUT2D eigenvalue weighted by Gasteiger charge is 2.27. The van der Waals surface area contributed by atoms with Crippen molar-refractivity contribution < 1.29 is 14.3 Å². The highest BCUT2D eigenvalue weighted by atomic mass is 16.5. The zero-order chi connectivity index (χ0) is 23.0. The number of amides is 2. The molecule has 0 aromatic heterocycles. The maximum atomic E-state index is 13.1. The number of hydrogen-bond donors (Lipinski definition) is 1. The molecule has 2 aromatic carbocycles. The Kier molecular flexibility index (Phi) is 9.10. The number of aryl methyl sites for hydroxylation is 1. The Morgan fingerprint density at radius 2 is 1.58 bits per heavy atom. The van der Waals surface area contributed by atoms with E-state index in [-0.39, 0.29) is 24.5 Å². The van der Waals surface area contributed by atoms with E-state index in [1.165, 1.54) is 5.56 Å². The molecule has 2 atom stereocenters. The van der Waals surface area contributed by atoms with Crippen LogP contribution in [-0.4, -0.2) is 35.4 Å². The molecule has 0 saturated heterocycles. The molecule has 0 fully saturated rings. The van der Waals surface area contributed by atoms with Crippen molar-refractivity contribution in [3.63, 3.8) is 0 Å². The fraction of sp³-hybridized carbons (Fsp3) is 0.462. The van der Waals surface area contributed by atoms with Crippen molar-refractivity contribution in [2.24, 2.45) is 0 Å². The first-order valence-electron chi connectivity index (χ1n) is 11.1. The smallest absolute Gasteiger partial charge is 0.261 e. The number of ether oxygens (including phenoxy) is 1. The third-order valence-electron chi connectivity index (χ3n) is 5.55. The van der Waals surface area contributed by atoms with Crippen LogP contribution in [0.25, 0.3) is 0 Å². The fourth-order valence-corrected chi connectivity index (χ4v) is 3.12. The third kappa shape index (κ3) is 7.42. The fourth-order valence-electron chi connectivity index (χ4n) is 3.12. The molecule has 0 heterocycles. The van der Waals surface area contributed by atoms with E-state index in [0.29, 0.717) is 18.2 Å². The van der Waals surface area contributed by atoms with Crippen LogP contribution < -0.4 is 10.1 Å². The van der Waals surface area contributed by atoms with Gasteiger partial charge in [0.15, 0.2) is 6.61 Å². The maximum absolute atomic E-state index is 13.1. The Hall–Kier alpha value is -2.82. The van der Waals surface area contributed by atoms with Crippen LogP contribution in [0.2, 0.25) is 0 Å². The van der Waals surface area contributed by atoms with E-state index in [0.717, 1.165) is 17.5 Å². The van der Waals surface area contributed by atoms with Gasteiger partial charge in [0.25, 0.3) is 5.91 Å². The average molecular weight is 425 g/mol. The number of nitrogens with one attached hydrogen (secondary N) is 1. The lowest BCUT2D eigenvalue weighted by atomic mass is 10.0. The van der Waals surface area contributed by atoms with Crippen molar-refractivity contribution in [3.05, 3.63) is 65.2 Å². The van der Waals surface area contributed by atoms with Gasteiger partial charge in [0.05, 0.1) is 0 Å². The van der Waals surface area contributed by atoms with Crippen molar-refractivity contribution >= 4 is 11.8 Å². The second-order valence-corrected chi connectivity index (χ2v) is 8.51. The van der Waals surface area contributed by atoms with Crippen molar-refractivity contribution in [1.29, 1.82) is 0 Å². The zero-order valence-corrected chi connectivity index (χ0v) is 19.6. The first kappa shape index (κ1) is 24.4. The predicted molar refractivity (Wildman–Crippen MR) is 125 cm³/mol. The quantitative estimate of drug-likeness (QED) is 0.594. The van der Waals surface area contributed by atoms with Gasteiger partial charge in [-0.1, -0.05) is 62.7 Å². The van der Waals surface area contributed by atoms with E-state index < -0.39 is 6.04 Å². The highest BCUT2D eigenvalue weighted by Crippen LogP contribution is 2.19. The standard InChI is InChI=1S/C26H36N2O3/c1-7-20(5)27-26(30)21(6)28(16-22-10-8-19(4)9-11-22)25(29)17-31-24-14-12-23(13-15-24)18(2)3/h8-15,18,20-21H,7,16-17H2,1-6H3,(H,27,30)/t20-,21-/m1/s1. The number of rotatable bonds is 10. The Balaban J connectivity index is 2.12. The summed E-state index contributed by atoms with van der Waals surface area (Å²) in [5.74, 6) is 0.701. The minimum absolute atomic E-state index is 0.0574. The summed E-state index contributed by atoms with van der Waals surface area (Å²) in [5, 5.41) is 2.98. The number of hydrogen-bond acceptors (Lipinski definition) is 3. The number of carbonyl (C=O) groups is 2. The Labute approximate surface area is 186 Å². The molecule has 0 aliphatic carbocycles. The molecule has 0 radical (unpaired) electrons. The molecule has 0 spiro atoms. The van der Waals surface area contributed by atoms with Gasteiger partial charge < -0.3 is 15.0 Å². The van der Waals surface area contributed by atoms with Crippen molar-refractivity contribution in [2.75, 3.05) is 6.61 Å². The van der Waals surface area contributed by atoms with Crippen molar-refractivity contribution in [2.45, 2.75) is 72.5 Å². The van der Waals surface area contributed by atoms with E-state index in [1.807, 2.05) is 69.3 Å². The molecule has 0 saturated carbocycles. The van der Waals surface area contributed by atoms with E-state index in [2.05, 4.69) is 19.2 Å². The molecule has 5 nitrogen and oxygen atoms in total. The number of nitrogens with zero attached hydrogens (tertiary/aromatic N) is 1. The average Bonchev–Trinajstić information content (AvgIpc) is 2.76. The monoisotopic (exact) mass is 424 g/mol. The summed E-state index contributed by atoms with van der Waals surface area (Å²) in [7, 11) is 0. The zero-order valence-electron chi connectivity index (χ0n) is 19.6. The normalized spacial score (nSPS) is 12.9. The molecule has 2 rings (SSSR count). The lowest BCUT2D eigenvalue weighted by Crippen LogP contribution is -2.50. The number of benzene rings is 2. The third-order valence-corrected chi connectivity index (χ3v) is 5.55. The van der Waals surface area contributed by atoms with Gasteiger partial charge in [-0.15, -0.1) is 0 Å². The first-order valence-corrected chi connectivity index (χ1v) is 11.1. The second kappa shape index (κ2) is 11.5. The van der Waals surface area contributed by atoms with Crippen LogP contribution in [0.5, 0.6) is 5.75 Å². The molecule has 0 aliphatic rings. The minimum atomic E-state index is -0.602. The summed E-state index contributed by atoms with van der Waals surface area (Å²) in [6.45, 7) is 12.3. The Bertz CT molecular complexity index is 844. The summed E-state index contributed by atoms with van der Waals surface area (Å²) in [4.78, 5) is 27.4. The SMILES string of the molecule is CC[C@@H](C)NC(=O)[C@@H](C)N(Cc1ccc(C)cc1)C(=O)COc1ccc(C(C)C)cc1. The molecule has 2 aromatic rings. The van der Waals surface area contributed by atoms with E-state index in [1.54, 1.807) is 11.8 Å². The molecule has 0 unspecified atom stereocenters. The summed E-state index contributed by atoms with van der Waals surface area (Å²) >= 11 is 0. The molecule has 0 bridgehead atoms. The highest BCUT2D eigenvalue weighted by molar-refractivity contribution is 5.88. The summed E-state index contributed by atoms with van der Waals surface area (Å²) in [6.07, 6.45) is 0.833. The van der Waals surface area contributed by atoms with Gasteiger partial charge in [-0.3, -0.25) is 9.59 Å². The van der Waals surface area contributed by atoms with Gasteiger partial charge in [-0.25, -0.2) is 0 Å². The van der Waals surface area contributed by atoms with Gasteiger partial charge >= 0.3 is 0 Å². The van der Waals surface area contributed by atoms with Crippen LogP contribution in [0.15, 0.2) is 48.5 Å². The van der Waals surface area contributed by atoms with E-state index >= 15 is 0 Å². The second-order valence-electron chi connectivity index (χ2n) is 8.51. The maximum Gasteiger partial charge on any atom is 0.261 e. The van der Waals surface area contributed by atoms with E-state index in [4.69, 9.17) is 4.74 Å². The first-order chi connectivity index (χ1) is 14.7. The molecule has 2 amide bonds. The number of carbonyl (C=O) groups excluding carboxylic acids is 2. The summed E-state index contributed by atoms with van der Waals surface area (Å²) in [5.41, 5.74) is 3.34. The summed E-state index contributed by atoms with van der Waals surface area (Å²) in [6, 6.07) is 15.2. The van der Waals surface area contributed by atoms with Crippen molar-refractivity contribution in [3.8, 4) is 5.75 Å². The van der Waals surface area contributed by atoms with Crippen LogP contribution in [0.4, 0.5) is 0 Å². The molecular formula is C26H36N2O3. The molecular weight excluding hydrogens is 388 g/mol. The van der Waals surface area contributed by atoms with Crippen LogP contribution in [0.1, 0.15) is 63.6 Å². The topological polar surface area (TPSA) is 58.6 Å². The van der Waals surface area contributed by atoms with Crippen LogP contribution >= 0.6 is 0 Å². The minimum Gasteiger partial charge on any atom is -0.484 e. The molecule has 0 aliphatic heterocycles. The van der Waals surface area contributed by atoms with E-state index in [9.17, 15) is 9.59 Å². The Morgan fingerprint density at radius 3 is 2.13 bits per heavy atom. The van der Waals surface area contributed by atoms with Gasteiger partial charge in [-0.05, 0) is 56.4 Å². The van der Waals surface area contributed by atoms with Gasteiger partial charge in [-0.2, -0.15) is 0 Å². The van der Waals surface area contributed by atoms with Crippen LogP contribution in [-0.2, 0) is 16.1 Å². The van der Waals surface area contributed by atoms with Crippen LogP contribution in [0, 0.1) is 6.92 Å². The van der Waals surface area contributed by atoms with Crippen LogP contribution in [0.3, 0.4) is 0 Å². The lowest BCUT2D eigenvalue weighted by molar-refractivity contribution is -0.142. The van der Waals surface area contributed by atoms with Gasteiger partial charge in [0.2, 0.25) is 5.91 Å². The van der Waals surface area contributed by atoms with Gasteiger partial charge in [0, 0.05) is 12.6 Å². The Morgan fingerprint density at radius 1 is 0.968 bits per heavy atom. The van der Waals surface area contributed by atoms with Gasteiger partial charge in [0.1, 0.15) is 11.8 Å². The molecule has 31 heavy (non-hydrogen) atoms. The molecule has 168 valence electrons.